The molecule has 0 saturated carbocycles. The number of carbonyl (C=O) groups excluding carboxylic acids is 1. The average Bonchev–Trinajstić information content (AvgIpc) is 3.30. The Labute approximate surface area is 206 Å². The van der Waals surface area contributed by atoms with Crippen LogP contribution in [0.1, 0.15) is 40.7 Å². The van der Waals surface area contributed by atoms with Crippen LogP contribution in [0.4, 0.5) is 0 Å². The monoisotopic (exact) mass is 483 g/mol. The van der Waals surface area contributed by atoms with Gasteiger partial charge in [-0.3, -0.25) is 9.63 Å². The van der Waals surface area contributed by atoms with E-state index in [2.05, 4.69) is 11.9 Å². The van der Waals surface area contributed by atoms with Crippen LogP contribution >= 0.6 is 11.8 Å². The molecular formula is C26H33N3O4S. The molecular weight excluding hydrogens is 450 g/mol. The Balaban J connectivity index is 1.60. The highest BCUT2D eigenvalue weighted by molar-refractivity contribution is 8.08. The summed E-state index contributed by atoms with van der Waals surface area (Å²) in [6.07, 6.45) is 1.97. The number of hydrogen-bond acceptors (Lipinski definition) is 7. The van der Waals surface area contributed by atoms with Crippen molar-refractivity contribution in [3.63, 3.8) is 0 Å². The largest absolute Gasteiger partial charge is 0.490 e. The summed E-state index contributed by atoms with van der Waals surface area (Å²) < 4.78 is 11.6. The lowest BCUT2D eigenvalue weighted by molar-refractivity contribution is -0.0950. The number of nitrogens with zero attached hydrogens (tertiary/aromatic N) is 3. The molecule has 0 spiro atoms. The Kier molecular flexibility index (Phi) is 8.03. The summed E-state index contributed by atoms with van der Waals surface area (Å²) in [5.74, 6) is 1.53. The Morgan fingerprint density at radius 1 is 1.00 bits per heavy atom. The minimum absolute atomic E-state index is 0.0808. The quantitative estimate of drug-likeness (QED) is 0.549. The minimum atomic E-state index is -0.110. The Morgan fingerprint density at radius 2 is 1.71 bits per heavy atom. The number of benzene rings is 2. The standard InChI is InChI=1S/C26H33N3O4S/c1-5-32-22-12-11-19(17-23(22)33-6-2)26-29(31-4)18-24(34-26)20-9-7-8-10-21(20)25(30)28-15-13-27(3)14-16-28/h7-12,17-18,26H,5-6,13-16H2,1-4H3. The second kappa shape index (κ2) is 11.2. The van der Waals surface area contributed by atoms with Crippen molar-refractivity contribution < 1.29 is 19.1 Å². The summed E-state index contributed by atoms with van der Waals surface area (Å²) in [4.78, 5) is 24.3. The first-order valence-corrected chi connectivity index (χ1v) is 12.6. The summed E-state index contributed by atoms with van der Waals surface area (Å²) in [5, 5.41) is 1.71. The molecule has 1 saturated heterocycles. The average molecular weight is 484 g/mol. The van der Waals surface area contributed by atoms with Crippen molar-refractivity contribution in [2.24, 2.45) is 0 Å². The van der Waals surface area contributed by atoms with Crippen LogP contribution in [-0.2, 0) is 4.84 Å². The molecule has 0 aliphatic carbocycles. The molecule has 182 valence electrons. The molecule has 0 bridgehead atoms. The Bertz CT molecular complexity index is 1040. The van der Waals surface area contributed by atoms with E-state index in [0.29, 0.717) is 13.2 Å². The fourth-order valence-corrected chi connectivity index (χ4v) is 5.41. The second-order valence-electron chi connectivity index (χ2n) is 8.22. The van der Waals surface area contributed by atoms with Gasteiger partial charge in [0.25, 0.3) is 5.91 Å². The van der Waals surface area contributed by atoms with E-state index in [1.165, 1.54) is 0 Å². The second-order valence-corrected chi connectivity index (χ2v) is 9.34. The van der Waals surface area contributed by atoms with E-state index in [9.17, 15) is 4.79 Å². The van der Waals surface area contributed by atoms with Gasteiger partial charge in [-0.25, -0.2) is 5.06 Å². The molecule has 2 heterocycles. The van der Waals surface area contributed by atoms with Crippen molar-refractivity contribution in [2.75, 3.05) is 53.6 Å². The number of piperazine rings is 1. The highest BCUT2D eigenvalue weighted by Crippen LogP contribution is 2.50. The number of thioether (sulfide) groups is 1. The summed E-state index contributed by atoms with van der Waals surface area (Å²) >= 11 is 1.66. The van der Waals surface area contributed by atoms with Gasteiger partial charge in [-0.05, 0) is 44.7 Å². The lowest BCUT2D eigenvalue weighted by Crippen LogP contribution is -2.47. The van der Waals surface area contributed by atoms with E-state index in [4.69, 9.17) is 14.3 Å². The molecule has 2 aliphatic heterocycles. The first-order valence-electron chi connectivity index (χ1n) is 11.7. The van der Waals surface area contributed by atoms with Crippen LogP contribution in [0.15, 0.2) is 48.7 Å². The molecule has 0 N–H and O–H groups in total. The van der Waals surface area contributed by atoms with Crippen LogP contribution in [0.5, 0.6) is 11.5 Å². The highest BCUT2D eigenvalue weighted by Gasteiger charge is 2.31. The van der Waals surface area contributed by atoms with Gasteiger partial charge in [-0.1, -0.05) is 36.0 Å². The van der Waals surface area contributed by atoms with Crippen LogP contribution in [-0.4, -0.2) is 74.3 Å². The number of ether oxygens (including phenoxy) is 2. The third-order valence-corrected chi connectivity index (χ3v) is 7.27. The fraction of sp³-hybridized carbons (Fsp3) is 0.423. The molecule has 34 heavy (non-hydrogen) atoms. The number of carbonyl (C=O) groups is 1. The van der Waals surface area contributed by atoms with Gasteiger partial charge in [0.05, 0.1) is 20.3 Å². The van der Waals surface area contributed by atoms with Crippen molar-refractivity contribution in [3.05, 3.63) is 65.4 Å². The van der Waals surface area contributed by atoms with Gasteiger partial charge in [-0.15, -0.1) is 0 Å². The molecule has 0 radical (unpaired) electrons. The van der Waals surface area contributed by atoms with Gasteiger partial charge >= 0.3 is 0 Å². The Hall–Kier alpha value is -2.68. The number of rotatable bonds is 8. The van der Waals surface area contributed by atoms with Crippen LogP contribution < -0.4 is 9.47 Å². The van der Waals surface area contributed by atoms with Crippen molar-refractivity contribution in [2.45, 2.75) is 19.2 Å². The fourth-order valence-electron chi connectivity index (χ4n) is 4.17. The summed E-state index contributed by atoms with van der Waals surface area (Å²) in [7, 11) is 3.75. The maximum absolute atomic E-state index is 13.4. The van der Waals surface area contributed by atoms with Crippen LogP contribution in [0.25, 0.3) is 4.91 Å². The van der Waals surface area contributed by atoms with E-state index in [1.54, 1.807) is 18.9 Å². The van der Waals surface area contributed by atoms with Crippen molar-refractivity contribution >= 4 is 22.6 Å². The van der Waals surface area contributed by atoms with Crippen LogP contribution in [0.3, 0.4) is 0 Å². The topological polar surface area (TPSA) is 54.5 Å². The lowest BCUT2D eigenvalue weighted by atomic mass is 10.1. The van der Waals surface area contributed by atoms with E-state index < -0.39 is 0 Å². The molecule has 2 aromatic carbocycles. The number of amides is 1. The normalized spacial score (nSPS) is 18.7. The predicted molar refractivity (Wildman–Crippen MR) is 136 cm³/mol. The maximum Gasteiger partial charge on any atom is 0.254 e. The maximum atomic E-state index is 13.4. The van der Waals surface area contributed by atoms with Crippen molar-refractivity contribution in [1.82, 2.24) is 14.9 Å². The van der Waals surface area contributed by atoms with Gasteiger partial charge in [0.1, 0.15) is 5.37 Å². The summed E-state index contributed by atoms with van der Waals surface area (Å²) in [6.45, 7) is 8.33. The summed E-state index contributed by atoms with van der Waals surface area (Å²) in [5.41, 5.74) is 2.69. The molecule has 1 fully saturated rings. The number of hydroxylamine groups is 2. The molecule has 0 aromatic heterocycles. The third-order valence-electron chi connectivity index (χ3n) is 5.99. The molecule has 7 nitrogen and oxygen atoms in total. The van der Waals surface area contributed by atoms with Gasteiger partial charge in [0, 0.05) is 48.4 Å². The third kappa shape index (κ3) is 5.19. The van der Waals surface area contributed by atoms with Crippen molar-refractivity contribution in [3.8, 4) is 11.5 Å². The zero-order valence-electron chi connectivity index (χ0n) is 20.3. The minimum Gasteiger partial charge on any atom is -0.490 e. The van der Waals surface area contributed by atoms with E-state index >= 15 is 0 Å². The van der Waals surface area contributed by atoms with Crippen molar-refractivity contribution in [1.29, 1.82) is 0 Å². The molecule has 2 aliphatic rings. The smallest absolute Gasteiger partial charge is 0.254 e. The van der Waals surface area contributed by atoms with E-state index in [-0.39, 0.29) is 11.3 Å². The molecule has 4 rings (SSSR count). The number of hydrogen-bond donors (Lipinski definition) is 0. The highest BCUT2D eigenvalue weighted by atomic mass is 32.2. The first kappa shape index (κ1) is 24.4. The lowest BCUT2D eigenvalue weighted by Gasteiger charge is -2.32. The molecule has 1 atom stereocenters. The zero-order valence-corrected chi connectivity index (χ0v) is 21.1. The number of likely N-dealkylation sites (N-methyl/N-ethyl adjacent to an activating group) is 1. The molecule has 2 aromatic rings. The van der Waals surface area contributed by atoms with Crippen LogP contribution in [0, 0.1) is 0 Å². The van der Waals surface area contributed by atoms with Gasteiger partial charge in [0.2, 0.25) is 0 Å². The van der Waals surface area contributed by atoms with E-state index in [0.717, 1.165) is 59.3 Å². The Morgan fingerprint density at radius 3 is 2.41 bits per heavy atom. The molecule has 8 heteroatoms. The van der Waals surface area contributed by atoms with Gasteiger partial charge < -0.3 is 19.3 Å². The van der Waals surface area contributed by atoms with Crippen LogP contribution in [0.2, 0.25) is 0 Å². The SMILES string of the molecule is CCOc1ccc(C2SC(c3ccccc3C(=O)N3CCN(C)CC3)=CN2OC)cc1OCC. The first-order chi connectivity index (χ1) is 16.5. The molecule has 1 amide bonds. The molecule has 1 unspecified atom stereocenters. The van der Waals surface area contributed by atoms with Gasteiger partial charge in [0.15, 0.2) is 11.5 Å². The predicted octanol–water partition coefficient (Wildman–Crippen LogP) is 4.48. The van der Waals surface area contributed by atoms with E-state index in [1.807, 2.05) is 72.5 Å². The summed E-state index contributed by atoms with van der Waals surface area (Å²) in [6, 6.07) is 13.8. The zero-order chi connectivity index (χ0) is 24.1. The van der Waals surface area contributed by atoms with Gasteiger partial charge in [-0.2, -0.15) is 0 Å².